The molecule has 2 amide bonds. The predicted molar refractivity (Wildman–Crippen MR) is 106 cm³/mol. The molecule has 0 aliphatic carbocycles. The number of nitrogens with one attached hydrogen (secondary N) is 1. The van der Waals surface area contributed by atoms with Crippen LogP contribution in [0.2, 0.25) is 5.02 Å². The molecule has 138 valence electrons. The second kappa shape index (κ2) is 8.20. The van der Waals surface area contributed by atoms with Gasteiger partial charge in [-0.15, -0.1) is 11.3 Å². The van der Waals surface area contributed by atoms with Crippen LogP contribution in [0.5, 0.6) is 0 Å². The van der Waals surface area contributed by atoms with Gasteiger partial charge in [-0.1, -0.05) is 17.7 Å². The summed E-state index contributed by atoms with van der Waals surface area (Å²) in [5, 5.41) is 5.05. The van der Waals surface area contributed by atoms with Gasteiger partial charge in [-0.3, -0.25) is 14.5 Å². The Labute approximate surface area is 162 Å². The van der Waals surface area contributed by atoms with Crippen molar-refractivity contribution < 1.29 is 9.59 Å². The molecule has 1 aliphatic heterocycles. The van der Waals surface area contributed by atoms with Gasteiger partial charge in [0.2, 0.25) is 0 Å². The van der Waals surface area contributed by atoms with Crippen molar-refractivity contribution in [2.45, 2.75) is 19.9 Å². The third kappa shape index (κ3) is 4.26. The highest BCUT2D eigenvalue weighted by Gasteiger charge is 2.24. The van der Waals surface area contributed by atoms with Crippen LogP contribution < -0.4 is 5.32 Å². The van der Waals surface area contributed by atoms with Crippen LogP contribution in [0, 0.1) is 0 Å². The molecular formula is C19H22ClN3O2S. The van der Waals surface area contributed by atoms with E-state index < -0.39 is 0 Å². The van der Waals surface area contributed by atoms with Crippen LogP contribution in [0.4, 0.5) is 5.69 Å². The Morgan fingerprint density at radius 3 is 2.50 bits per heavy atom. The van der Waals surface area contributed by atoms with Crippen molar-refractivity contribution in [2.24, 2.45) is 0 Å². The lowest BCUT2D eigenvalue weighted by molar-refractivity contribution is 0.0595. The smallest absolute Gasteiger partial charge is 0.265 e. The number of anilines is 1. The van der Waals surface area contributed by atoms with E-state index in [4.69, 9.17) is 11.6 Å². The highest BCUT2D eigenvalue weighted by atomic mass is 35.5. The first kappa shape index (κ1) is 18.9. The summed E-state index contributed by atoms with van der Waals surface area (Å²) in [5.74, 6) is -0.256. The standard InChI is InChI=1S/C19H22ClN3O2S/c1-13(2)22-7-9-23(10-8-22)19(25)14-5-6-15(20)16(12-14)21-18(24)17-4-3-11-26-17/h3-6,11-13H,7-10H2,1-2H3,(H,21,24). The van der Waals surface area contributed by atoms with Crippen molar-refractivity contribution in [2.75, 3.05) is 31.5 Å². The van der Waals surface area contributed by atoms with Gasteiger partial charge in [0.05, 0.1) is 15.6 Å². The summed E-state index contributed by atoms with van der Waals surface area (Å²) in [4.78, 5) is 29.9. The first-order valence-corrected chi connectivity index (χ1v) is 9.89. The molecule has 5 nitrogen and oxygen atoms in total. The average molecular weight is 392 g/mol. The highest BCUT2D eigenvalue weighted by Crippen LogP contribution is 2.25. The SMILES string of the molecule is CC(C)N1CCN(C(=O)c2ccc(Cl)c(NC(=O)c3cccs3)c2)CC1. The molecule has 1 aromatic carbocycles. The van der Waals surface area contributed by atoms with Crippen LogP contribution in [0.15, 0.2) is 35.7 Å². The molecule has 0 radical (unpaired) electrons. The number of amides is 2. The minimum Gasteiger partial charge on any atom is -0.336 e. The molecule has 0 unspecified atom stereocenters. The number of nitrogens with zero attached hydrogens (tertiary/aromatic N) is 2. The maximum Gasteiger partial charge on any atom is 0.265 e. The molecule has 1 aromatic heterocycles. The lowest BCUT2D eigenvalue weighted by Crippen LogP contribution is -2.50. The number of hydrogen-bond donors (Lipinski definition) is 1. The van der Waals surface area contributed by atoms with E-state index in [9.17, 15) is 9.59 Å². The molecule has 3 rings (SSSR count). The van der Waals surface area contributed by atoms with E-state index >= 15 is 0 Å². The van der Waals surface area contributed by atoms with Crippen molar-refractivity contribution in [3.8, 4) is 0 Å². The van der Waals surface area contributed by atoms with Crippen molar-refractivity contribution in [3.63, 3.8) is 0 Å². The monoisotopic (exact) mass is 391 g/mol. The fourth-order valence-electron chi connectivity index (χ4n) is 2.97. The summed E-state index contributed by atoms with van der Waals surface area (Å²) in [6, 6.07) is 9.07. The van der Waals surface area contributed by atoms with Gasteiger partial charge in [0.1, 0.15) is 0 Å². The lowest BCUT2D eigenvalue weighted by Gasteiger charge is -2.37. The lowest BCUT2D eigenvalue weighted by atomic mass is 10.1. The summed E-state index contributed by atoms with van der Waals surface area (Å²) in [6.45, 7) is 7.49. The minimum atomic E-state index is -0.225. The quantitative estimate of drug-likeness (QED) is 0.861. The van der Waals surface area contributed by atoms with Gasteiger partial charge in [-0.25, -0.2) is 0 Å². The molecule has 1 N–H and O–H groups in total. The molecule has 1 fully saturated rings. The normalized spacial score (nSPS) is 15.3. The predicted octanol–water partition coefficient (Wildman–Crippen LogP) is 3.82. The molecule has 1 aliphatic rings. The molecule has 1 saturated heterocycles. The molecule has 2 aromatic rings. The summed E-state index contributed by atoms with van der Waals surface area (Å²) in [7, 11) is 0. The molecule has 7 heteroatoms. The number of hydrogen-bond acceptors (Lipinski definition) is 4. The van der Waals surface area contributed by atoms with Crippen LogP contribution in [-0.4, -0.2) is 53.8 Å². The number of carbonyl (C=O) groups is 2. The summed E-state index contributed by atoms with van der Waals surface area (Å²) in [5.41, 5.74) is 0.991. The Balaban J connectivity index is 1.71. The molecule has 2 heterocycles. The van der Waals surface area contributed by atoms with E-state index in [1.54, 1.807) is 24.3 Å². The van der Waals surface area contributed by atoms with Gasteiger partial charge in [0, 0.05) is 37.8 Å². The maximum absolute atomic E-state index is 12.8. The molecule has 0 saturated carbocycles. The van der Waals surface area contributed by atoms with Gasteiger partial charge in [0.15, 0.2) is 0 Å². The van der Waals surface area contributed by atoms with E-state index in [1.807, 2.05) is 16.3 Å². The molecule has 0 bridgehead atoms. The number of piperazine rings is 1. The fraction of sp³-hybridized carbons (Fsp3) is 0.368. The van der Waals surface area contributed by atoms with E-state index in [0.717, 1.165) is 13.1 Å². The maximum atomic E-state index is 12.8. The van der Waals surface area contributed by atoms with Gasteiger partial charge in [0.25, 0.3) is 11.8 Å². The van der Waals surface area contributed by atoms with Gasteiger partial charge in [-0.2, -0.15) is 0 Å². The second-order valence-corrected chi connectivity index (χ2v) is 7.90. The topological polar surface area (TPSA) is 52.6 Å². The second-order valence-electron chi connectivity index (χ2n) is 6.55. The Morgan fingerprint density at radius 2 is 1.88 bits per heavy atom. The third-order valence-corrected chi connectivity index (χ3v) is 5.74. The fourth-order valence-corrected chi connectivity index (χ4v) is 3.75. The molecule has 0 spiro atoms. The Morgan fingerprint density at radius 1 is 1.15 bits per heavy atom. The Hall–Kier alpha value is -1.89. The van der Waals surface area contributed by atoms with E-state index in [-0.39, 0.29) is 11.8 Å². The first-order valence-electron chi connectivity index (χ1n) is 8.63. The van der Waals surface area contributed by atoms with Crippen LogP contribution in [0.25, 0.3) is 0 Å². The van der Waals surface area contributed by atoms with E-state index in [0.29, 0.717) is 40.3 Å². The van der Waals surface area contributed by atoms with Crippen LogP contribution in [0.1, 0.15) is 33.9 Å². The molecule has 0 atom stereocenters. The molecular weight excluding hydrogens is 370 g/mol. The average Bonchev–Trinajstić information content (AvgIpc) is 3.18. The Kier molecular flexibility index (Phi) is 5.96. The molecule has 26 heavy (non-hydrogen) atoms. The number of halogens is 1. The zero-order valence-electron chi connectivity index (χ0n) is 14.9. The number of carbonyl (C=O) groups excluding carboxylic acids is 2. The summed E-state index contributed by atoms with van der Waals surface area (Å²) >= 11 is 7.56. The van der Waals surface area contributed by atoms with Crippen molar-refractivity contribution in [3.05, 3.63) is 51.2 Å². The largest absolute Gasteiger partial charge is 0.336 e. The van der Waals surface area contributed by atoms with E-state index in [1.165, 1.54) is 11.3 Å². The highest BCUT2D eigenvalue weighted by molar-refractivity contribution is 7.12. The minimum absolute atomic E-state index is 0.0308. The number of thiophene rings is 1. The van der Waals surface area contributed by atoms with Gasteiger partial charge >= 0.3 is 0 Å². The summed E-state index contributed by atoms with van der Waals surface area (Å²) < 4.78 is 0. The van der Waals surface area contributed by atoms with Crippen LogP contribution in [0.3, 0.4) is 0 Å². The van der Waals surface area contributed by atoms with Crippen molar-refractivity contribution in [1.29, 1.82) is 0 Å². The van der Waals surface area contributed by atoms with Gasteiger partial charge < -0.3 is 10.2 Å². The van der Waals surface area contributed by atoms with Gasteiger partial charge in [-0.05, 0) is 43.5 Å². The Bertz CT molecular complexity index is 784. The van der Waals surface area contributed by atoms with Crippen LogP contribution in [-0.2, 0) is 0 Å². The first-order chi connectivity index (χ1) is 12.5. The number of benzene rings is 1. The van der Waals surface area contributed by atoms with E-state index in [2.05, 4.69) is 24.1 Å². The van der Waals surface area contributed by atoms with Crippen LogP contribution >= 0.6 is 22.9 Å². The van der Waals surface area contributed by atoms with Crippen molar-refractivity contribution in [1.82, 2.24) is 9.80 Å². The third-order valence-electron chi connectivity index (χ3n) is 4.54. The van der Waals surface area contributed by atoms with Crippen molar-refractivity contribution >= 4 is 40.4 Å². The zero-order valence-corrected chi connectivity index (χ0v) is 16.4. The summed E-state index contributed by atoms with van der Waals surface area (Å²) in [6.07, 6.45) is 0. The zero-order chi connectivity index (χ0) is 18.7. The number of rotatable bonds is 4.